The van der Waals surface area contributed by atoms with Gasteiger partial charge in [-0.25, -0.2) is 0 Å². The average Bonchev–Trinajstić information content (AvgIpc) is 4.01. The summed E-state index contributed by atoms with van der Waals surface area (Å²) in [6, 6.07) is 67.3. The summed E-state index contributed by atoms with van der Waals surface area (Å²) < 4.78 is 10.3. The van der Waals surface area contributed by atoms with E-state index in [1.54, 1.807) is 0 Å². The van der Waals surface area contributed by atoms with Crippen molar-refractivity contribution in [2.75, 3.05) is 0 Å². The van der Waals surface area contributed by atoms with Gasteiger partial charge in [-0.15, -0.1) is 22.7 Å². The lowest BCUT2D eigenvalue weighted by atomic mass is 9.99. The van der Waals surface area contributed by atoms with E-state index in [2.05, 4.69) is 191 Å². The quantitative estimate of drug-likeness (QED) is 0.170. The first-order valence-electron chi connectivity index (χ1n) is 19.1. The number of aromatic nitrogens is 2. The number of nitrogens with zero attached hydrogens (tertiary/aromatic N) is 2. The van der Waals surface area contributed by atoms with Crippen LogP contribution in [0.2, 0.25) is 0 Å². The maximum Gasteiger partial charge on any atom is 0.0541 e. The van der Waals surface area contributed by atoms with Crippen molar-refractivity contribution in [1.82, 2.24) is 9.13 Å². The minimum Gasteiger partial charge on any atom is -0.309 e. The molecule has 0 aliphatic carbocycles. The van der Waals surface area contributed by atoms with Gasteiger partial charge >= 0.3 is 0 Å². The molecule has 0 spiro atoms. The Morgan fingerprint density at radius 2 is 0.750 bits per heavy atom. The zero-order valence-corrected chi connectivity index (χ0v) is 31.7. The predicted molar refractivity (Wildman–Crippen MR) is 244 cm³/mol. The van der Waals surface area contributed by atoms with Crippen molar-refractivity contribution in [2.24, 2.45) is 0 Å². The molecule has 2 nitrogen and oxygen atoms in total. The minimum atomic E-state index is 1.18. The zero-order chi connectivity index (χ0) is 36.5. The Labute approximate surface area is 329 Å². The van der Waals surface area contributed by atoms with E-state index in [9.17, 15) is 0 Å². The predicted octanol–water partition coefficient (Wildman–Crippen LogP) is 15.4. The lowest BCUT2D eigenvalue weighted by Crippen LogP contribution is -1.93. The van der Waals surface area contributed by atoms with Crippen molar-refractivity contribution in [2.45, 2.75) is 0 Å². The number of hydrogen-bond acceptors (Lipinski definition) is 2. The van der Waals surface area contributed by atoms with E-state index in [0.717, 1.165) is 0 Å². The fourth-order valence-corrected chi connectivity index (χ4v) is 12.0. The van der Waals surface area contributed by atoms with Gasteiger partial charge in [0.1, 0.15) is 0 Å². The zero-order valence-electron chi connectivity index (χ0n) is 30.0. The number of thiophene rings is 2. The monoisotopic (exact) mass is 746 g/mol. The van der Waals surface area contributed by atoms with Crippen molar-refractivity contribution in [3.05, 3.63) is 182 Å². The first-order chi connectivity index (χ1) is 27.8. The third-order valence-electron chi connectivity index (χ3n) is 11.9. The highest BCUT2D eigenvalue weighted by Crippen LogP contribution is 2.49. The smallest absolute Gasteiger partial charge is 0.0541 e. The summed E-state index contributed by atoms with van der Waals surface area (Å²) in [7, 11) is 0. The van der Waals surface area contributed by atoms with Gasteiger partial charge < -0.3 is 9.13 Å². The number of rotatable bonds is 3. The molecule has 0 amide bonds. The molecule has 0 saturated carbocycles. The van der Waals surface area contributed by atoms with Gasteiger partial charge in [-0.1, -0.05) is 109 Å². The van der Waals surface area contributed by atoms with Crippen LogP contribution in [-0.2, 0) is 0 Å². The average molecular weight is 747 g/mol. The van der Waals surface area contributed by atoms with Gasteiger partial charge in [0, 0.05) is 63.9 Å². The van der Waals surface area contributed by atoms with E-state index in [-0.39, 0.29) is 0 Å². The van der Waals surface area contributed by atoms with Crippen LogP contribution in [0.1, 0.15) is 0 Å². The second kappa shape index (κ2) is 11.4. The molecular formula is C52H30N2S2. The highest BCUT2D eigenvalue weighted by atomic mass is 32.1. The summed E-state index contributed by atoms with van der Waals surface area (Å²) in [5.41, 5.74) is 9.68. The van der Waals surface area contributed by atoms with Crippen LogP contribution in [0.3, 0.4) is 0 Å². The number of fused-ring (bicyclic) bond motifs is 16. The molecular weight excluding hydrogens is 717 g/mol. The van der Waals surface area contributed by atoms with E-state index in [0.29, 0.717) is 0 Å². The maximum absolute atomic E-state index is 2.47. The second-order valence-corrected chi connectivity index (χ2v) is 16.9. The largest absolute Gasteiger partial charge is 0.309 e. The molecule has 0 fully saturated rings. The minimum absolute atomic E-state index is 1.18. The maximum atomic E-state index is 2.47. The van der Waals surface area contributed by atoms with E-state index in [4.69, 9.17) is 0 Å². The molecule has 13 rings (SSSR count). The molecule has 0 atom stereocenters. The third-order valence-corrected chi connectivity index (χ3v) is 14.4. The molecule has 56 heavy (non-hydrogen) atoms. The number of benzene rings is 9. The molecule has 13 aromatic rings. The Hall–Kier alpha value is -6.72. The van der Waals surface area contributed by atoms with Crippen molar-refractivity contribution >= 4 is 117 Å². The first-order valence-corrected chi connectivity index (χ1v) is 20.7. The molecule has 0 aliphatic heterocycles. The van der Waals surface area contributed by atoms with E-state index < -0.39 is 0 Å². The van der Waals surface area contributed by atoms with E-state index in [1.165, 1.54) is 117 Å². The van der Waals surface area contributed by atoms with Crippen LogP contribution in [0, 0.1) is 0 Å². The van der Waals surface area contributed by atoms with Crippen molar-refractivity contribution in [3.63, 3.8) is 0 Å². The van der Waals surface area contributed by atoms with Gasteiger partial charge in [-0.05, 0) is 94.7 Å². The molecule has 4 aromatic heterocycles. The fourth-order valence-electron chi connectivity index (χ4n) is 9.48. The van der Waals surface area contributed by atoms with E-state index in [1.807, 2.05) is 22.7 Å². The summed E-state index contributed by atoms with van der Waals surface area (Å²) in [6.45, 7) is 0. The normalized spacial score (nSPS) is 12.3. The number of para-hydroxylation sites is 3. The molecule has 0 unspecified atom stereocenters. The van der Waals surface area contributed by atoms with Gasteiger partial charge in [0.15, 0.2) is 0 Å². The lowest BCUT2D eigenvalue weighted by Gasteiger charge is -2.10. The summed E-state index contributed by atoms with van der Waals surface area (Å²) in [4.78, 5) is 0. The second-order valence-electron chi connectivity index (χ2n) is 14.8. The Bertz CT molecular complexity index is 3760. The highest BCUT2D eigenvalue weighted by Gasteiger charge is 2.20. The summed E-state index contributed by atoms with van der Waals surface area (Å²) in [5.74, 6) is 0. The lowest BCUT2D eigenvalue weighted by molar-refractivity contribution is 1.18. The molecule has 0 saturated heterocycles. The van der Waals surface area contributed by atoms with Gasteiger partial charge in [0.2, 0.25) is 0 Å². The summed E-state index contributed by atoms with van der Waals surface area (Å²) in [5, 5.41) is 13.2. The Morgan fingerprint density at radius 1 is 0.286 bits per heavy atom. The Morgan fingerprint density at radius 3 is 1.38 bits per heavy atom. The van der Waals surface area contributed by atoms with Crippen LogP contribution in [0.25, 0.3) is 117 Å². The standard InChI is InChI=1S/C52H30N2S2/c1-2-12-33(13-3-1)53-43-19-9-6-14-35(43)40-28-31(22-25-45(40)53)32-23-26-46-41(29-32)36-15-7-10-20-44(36)54(46)34-24-27-48-42(30-34)50-38-17-5-4-16-37(38)49-39-18-8-11-21-47(39)55-51(49)52(50)56-48/h1-30H. The third kappa shape index (κ3) is 4.15. The topological polar surface area (TPSA) is 9.86 Å². The van der Waals surface area contributed by atoms with Crippen molar-refractivity contribution < 1.29 is 0 Å². The molecule has 0 aliphatic rings. The fraction of sp³-hybridized carbons (Fsp3) is 0. The molecule has 0 radical (unpaired) electrons. The molecule has 4 heteroatoms. The molecule has 0 bridgehead atoms. The van der Waals surface area contributed by atoms with Crippen LogP contribution >= 0.6 is 22.7 Å². The van der Waals surface area contributed by atoms with Crippen LogP contribution in [0.4, 0.5) is 0 Å². The SMILES string of the molecule is c1ccc(-n2c3ccccc3c3cc(-c4ccc5c(c4)c4ccccc4n5-c4ccc5sc6c7sc8ccccc8c7c7ccccc7c6c5c4)ccc32)cc1. The van der Waals surface area contributed by atoms with Crippen molar-refractivity contribution in [3.8, 4) is 22.5 Å². The number of hydrogen-bond donors (Lipinski definition) is 0. The first kappa shape index (κ1) is 30.6. The van der Waals surface area contributed by atoms with Crippen LogP contribution in [0.5, 0.6) is 0 Å². The van der Waals surface area contributed by atoms with Gasteiger partial charge in [0.25, 0.3) is 0 Å². The van der Waals surface area contributed by atoms with Gasteiger partial charge in [0.05, 0.1) is 31.5 Å². The van der Waals surface area contributed by atoms with Crippen LogP contribution in [0.15, 0.2) is 182 Å². The highest BCUT2D eigenvalue weighted by molar-refractivity contribution is 7.33. The molecule has 4 heterocycles. The molecule has 9 aromatic carbocycles. The van der Waals surface area contributed by atoms with Gasteiger partial charge in [-0.2, -0.15) is 0 Å². The van der Waals surface area contributed by atoms with E-state index >= 15 is 0 Å². The van der Waals surface area contributed by atoms with Gasteiger partial charge in [-0.3, -0.25) is 0 Å². The summed E-state index contributed by atoms with van der Waals surface area (Å²) >= 11 is 3.87. The van der Waals surface area contributed by atoms with Crippen LogP contribution < -0.4 is 0 Å². The molecule has 260 valence electrons. The van der Waals surface area contributed by atoms with Crippen LogP contribution in [-0.4, -0.2) is 9.13 Å². The van der Waals surface area contributed by atoms with Crippen molar-refractivity contribution in [1.29, 1.82) is 0 Å². The summed E-state index contributed by atoms with van der Waals surface area (Å²) in [6.07, 6.45) is 0. The Kier molecular flexibility index (Phi) is 6.23. The Balaban J connectivity index is 1.02. The molecule has 0 N–H and O–H groups in total.